The molecule has 0 aliphatic carbocycles. The highest BCUT2D eigenvalue weighted by atomic mass is 16.5. The molecule has 0 unspecified atom stereocenters. The van der Waals surface area contributed by atoms with Gasteiger partial charge in [0.15, 0.2) is 0 Å². The number of ether oxygens (including phenoxy) is 1. The Morgan fingerprint density at radius 2 is 1.80 bits per heavy atom. The Hall–Kier alpha value is -2.90. The van der Waals surface area contributed by atoms with Gasteiger partial charge in [0.25, 0.3) is 0 Å². The maximum atomic E-state index is 10.6. The van der Waals surface area contributed by atoms with E-state index in [1.54, 1.807) is 0 Å². The van der Waals surface area contributed by atoms with E-state index in [1.807, 2.05) is 0 Å². The Kier molecular flexibility index (Phi) is 6.83. The molecule has 4 aliphatic rings. The smallest absolute Gasteiger partial charge is 0.318 e. The third kappa shape index (κ3) is 4.61. The molecule has 2 atom stereocenters. The molecule has 0 spiro atoms. The van der Waals surface area contributed by atoms with Gasteiger partial charge in [-0.05, 0) is 81.0 Å². The Labute approximate surface area is 238 Å². The number of aliphatic hydroxyl groups excluding tert-OH is 1. The van der Waals surface area contributed by atoms with Crippen molar-refractivity contribution in [2.75, 3.05) is 49.1 Å². The van der Waals surface area contributed by atoms with Crippen molar-refractivity contribution in [2.45, 2.75) is 77.0 Å². The predicted molar refractivity (Wildman–Crippen MR) is 160 cm³/mol. The molecule has 5 heterocycles. The van der Waals surface area contributed by atoms with Crippen LogP contribution in [-0.4, -0.2) is 70.9 Å². The van der Waals surface area contributed by atoms with Crippen LogP contribution in [0.5, 0.6) is 6.01 Å². The van der Waals surface area contributed by atoms with E-state index in [9.17, 15) is 5.11 Å². The minimum Gasteiger partial charge on any atom is -0.461 e. The highest BCUT2D eigenvalue weighted by Gasteiger charge is 2.45. The van der Waals surface area contributed by atoms with Gasteiger partial charge in [-0.15, -0.1) is 0 Å². The van der Waals surface area contributed by atoms with E-state index in [1.165, 1.54) is 66.4 Å². The highest BCUT2D eigenvalue weighted by Crippen LogP contribution is 2.40. The monoisotopic (exact) mass is 541 g/mol. The summed E-state index contributed by atoms with van der Waals surface area (Å²) in [6, 6.07) is 13.8. The lowest BCUT2D eigenvalue weighted by Crippen LogP contribution is -2.45. The summed E-state index contributed by atoms with van der Waals surface area (Å²) in [5.74, 6) is 1.40. The van der Waals surface area contributed by atoms with Crippen LogP contribution >= 0.6 is 0 Å². The first-order valence-corrected chi connectivity index (χ1v) is 15.5. The average Bonchev–Trinajstić information content (AvgIpc) is 3.55. The Bertz CT molecular complexity index is 1370. The fourth-order valence-electron chi connectivity index (χ4n) is 8.03. The van der Waals surface area contributed by atoms with Crippen LogP contribution < -0.4 is 14.5 Å². The fraction of sp³-hybridized carbons (Fsp3) is 0.576. The van der Waals surface area contributed by atoms with E-state index in [2.05, 4.69) is 64.9 Å². The van der Waals surface area contributed by atoms with Crippen molar-refractivity contribution in [3.05, 3.63) is 53.2 Å². The van der Waals surface area contributed by atoms with Gasteiger partial charge in [-0.3, -0.25) is 4.90 Å². The number of aromatic nitrogens is 2. The maximum absolute atomic E-state index is 10.6. The lowest BCUT2D eigenvalue weighted by molar-refractivity contribution is 0.107. The summed E-state index contributed by atoms with van der Waals surface area (Å²) in [6.07, 6.45) is 7.33. The molecular formula is C33H43N5O2. The fourth-order valence-corrected chi connectivity index (χ4v) is 8.03. The van der Waals surface area contributed by atoms with Crippen molar-refractivity contribution < 1.29 is 9.84 Å². The number of rotatable bonds is 6. The molecular weight excluding hydrogens is 498 g/mol. The van der Waals surface area contributed by atoms with Crippen molar-refractivity contribution >= 4 is 22.3 Å². The molecule has 1 aromatic heterocycles. The molecule has 4 aliphatic heterocycles. The first-order chi connectivity index (χ1) is 19.5. The minimum absolute atomic E-state index is 0.154. The number of aliphatic hydroxyl groups is 1. The lowest BCUT2D eigenvalue weighted by atomic mass is 9.95. The van der Waals surface area contributed by atoms with E-state index in [-0.39, 0.29) is 11.6 Å². The second-order valence-corrected chi connectivity index (χ2v) is 12.7. The topological polar surface area (TPSA) is 65.0 Å². The van der Waals surface area contributed by atoms with Crippen LogP contribution in [0.4, 0.5) is 11.5 Å². The molecule has 0 amide bonds. The summed E-state index contributed by atoms with van der Waals surface area (Å²) in [7, 11) is 0. The summed E-state index contributed by atoms with van der Waals surface area (Å²) in [4.78, 5) is 17.6. The van der Waals surface area contributed by atoms with Crippen LogP contribution in [0.15, 0.2) is 36.4 Å². The van der Waals surface area contributed by atoms with Gasteiger partial charge in [-0.1, -0.05) is 44.2 Å². The number of aryl methyl sites for hydroxylation is 1. The second-order valence-electron chi connectivity index (χ2n) is 12.7. The molecule has 3 aromatic rings. The van der Waals surface area contributed by atoms with Crippen LogP contribution in [0.25, 0.3) is 10.8 Å². The number of benzene rings is 2. The number of nitrogens with zero attached hydrogens (tertiary/aromatic N) is 5. The Morgan fingerprint density at radius 1 is 1.00 bits per heavy atom. The van der Waals surface area contributed by atoms with Crippen LogP contribution in [0, 0.1) is 5.92 Å². The Morgan fingerprint density at radius 3 is 2.58 bits per heavy atom. The van der Waals surface area contributed by atoms with E-state index in [0.29, 0.717) is 25.1 Å². The number of hydrogen-bond donors (Lipinski definition) is 1. The van der Waals surface area contributed by atoms with Crippen molar-refractivity contribution in [3.63, 3.8) is 0 Å². The van der Waals surface area contributed by atoms with Crippen LogP contribution in [-0.2, 0) is 19.4 Å². The van der Waals surface area contributed by atoms with Crippen LogP contribution in [0.3, 0.4) is 0 Å². The van der Waals surface area contributed by atoms with Gasteiger partial charge in [-0.25, -0.2) is 0 Å². The zero-order valence-corrected chi connectivity index (χ0v) is 24.1. The van der Waals surface area contributed by atoms with Crippen LogP contribution in [0.1, 0.15) is 62.8 Å². The maximum Gasteiger partial charge on any atom is 0.318 e. The molecule has 0 bridgehead atoms. The predicted octanol–water partition coefficient (Wildman–Crippen LogP) is 4.97. The van der Waals surface area contributed by atoms with Gasteiger partial charge in [0.1, 0.15) is 12.4 Å². The Balaban J connectivity index is 1.24. The van der Waals surface area contributed by atoms with E-state index in [4.69, 9.17) is 14.7 Å². The van der Waals surface area contributed by atoms with Gasteiger partial charge in [-0.2, -0.15) is 9.97 Å². The molecule has 7 nitrogen and oxygen atoms in total. The quantitative estimate of drug-likeness (QED) is 0.473. The van der Waals surface area contributed by atoms with Crippen molar-refractivity contribution in [2.24, 2.45) is 5.92 Å². The van der Waals surface area contributed by atoms with Gasteiger partial charge in [0.2, 0.25) is 0 Å². The largest absolute Gasteiger partial charge is 0.461 e. The summed E-state index contributed by atoms with van der Waals surface area (Å²) in [6.45, 7) is 10.7. The van der Waals surface area contributed by atoms with E-state index >= 15 is 0 Å². The number of fused-ring (bicyclic) bond motifs is 3. The zero-order valence-electron chi connectivity index (χ0n) is 24.1. The molecule has 3 saturated heterocycles. The average molecular weight is 542 g/mol. The van der Waals surface area contributed by atoms with E-state index < -0.39 is 0 Å². The van der Waals surface area contributed by atoms with Crippen molar-refractivity contribution in [1.29, 1.82) is 0 Å². The number of anilines is 2. The molecule has 0 saturated carbocycles. The molecule has 3 fully saturated rings. The van der Waals surface area contributed by atoms with Gasteiger partial charge >= 0.3 is 6.01 Å². The zero-order chi connectivity index (χ0) is 27.3. The number of hydrogen-bond acceptors (Lipinski definition) is 7. The first kappa shape index (κ1) is 26.0. The summed E-state index contributed by atoms with van der Waals surface area (Å²) >= 11 is 0. The van der Waals surface area contributed by atoms with Crippen molar-refractivity contribution in [3.8, 4) is 6.01 Å². The number of β-amino-alcohol motifs (C(OH)–C–C–N with tert-alkyl or cyclic N) is 1. The summed E-state index contributed by atoms with van der Waals surface area (Å²) < 4.78 is 6.52. The number of piperidine rings is 1. The standard InChI is InChI=1S/C33H43N5O2/c1-3-24-8-4-9-25-10-5-11-29(30(24)25)36-17-12-27-28(21-36)34-32(35-31(27)37-19-23(2)18-26(39)20-37)40-22-33-13-6-15-38(33)16-7-14-33/h4-5,8-11,23,26,39H,3,6-7,12-22H2,1-2H3/t23-,26-/m0/s1. The van der Waals surface area contributed by atoms with Gasteiger partial charge < -0.3 is 19.6 Å². The van der Waals surface area contributed by atoms with Gasteiger partial charge in [0.05, 0.1) is 23.9 Å². The normalized spacial score (nSPS) is 24.4. The summed E-state index contributed by atoms with van der Waals surface area (Å²) in [5.41, 5.74) is 5.12. The highest BCUT2D eigenvalue weighted by molar-refractivity contribution is 5.97. The summed E-state index contributed by atoms with van der Waals surface area (Å²) in [5, 5.41) is 13.3. The van der Waals surface area contributed by atoms with Crippen LogP contribution in [0.2, 0.25) is 0 Å². The molecule has 2 aromatic carbocycles. The molecule has 7 rings (SSSR count). The van der Waals surface area contributed by atoms with Crippen molar-refractivity contribution in [1.82, 2.24) is 14.9 Å². The SMILES string of the molecule is CCc1cccc2cccc(N3CCc4c(nc(OCC56CCCN5CCC6)nc4N4C[C@@H](C)C[C@H](O)C4)C3)c12. The second kappa shape index (κ2) is 10.5. The third-order valence-electron chi connectivity index (χ3n) is 9.93. The lowest BCUT2D eigenvalue weighted by Gasteiger charge is -2.38. The first-order valence-electron chi connectivity index (χ1n) is 15.5. The van der Waals surface area contributed by atoms with E-state index in [0.717, 1.165) is 50.4 Å². The molecule has 0 radical (unpaired) electrons. The third-order valence-corrected chi connectivity index (χ3v) is 9.93. The molecule has 212 valence electrons. The molecule has 1 N–H and O–H groups in total. The van der Waals surface area contributed by atoms with Gasteiger partial charge in [0, 0.05) is 36.3 Å². The minimum atomic E-state index is -0.327. The molecule has 7 heteroatoms. The molecule has 40 heavy (non-hydrogen) atoms.